The molecule has 3 heteroatoms. The van der Waals surface area contributed by atoms with Gasteiger partial charge in [-0.25, -0.2) is 9.97 Å². The predicted octanol–water partition coefficient (Wildman–Crippen LogP) is 14.9. The Hall–Kier alpha value is -7.88. The molecule has 0 bridgehead atoms. The van der Waals surface area contributed by atoms with Crippen LogP contribution in [0, 0.1) is 0 Å². The van der Waals surface area contributed by atoms with Crippen LogP contribution in [0.5, 0.6) is 0 Å². The van der Waals surface area contributed by atoms with Gasteiger partial charge in [0.1, 0.15) is 0 Å². The summed E-state index contributed by atoms with van der Waals surface area (Å²) >= 11 is 0. The molecular formula is C56H35N3. The van der Waals surface area contributed by atoms with Gasteiger partial charge >= 0.3 is 0 Å². The lowest BCUT2D eigenvalue weighted by Gasteiger charge is -2.16. The third-order valence-electron chi connectivity index (χ3n) is 12.0. The summed E-state index contributed by atoms with van der Waals surface area (Å²) in [6.07, 6.45) is 0. The summed E-state index contributed by atoms with van der Waals surface area (Å²) in [4.78, 5) is 10.7. The Bertz CT molecular complexity index is 3510. The van der Waals surface area contributed by atoms with Gasteiger partial charge in [-0.3, -0.25) is 0 Å². The third-order valence-corrected chi connectivity index (χ3v) is 12.0. The van der Waals surface area contributed by atoms with Gasteiger partial charge in [-0.15, -0.1) is 0 Å². The molecule has 59 heavy (non-hydrogen) atoms. The van der Waals surface area contributed by atoms with Crippen LogP contribution in [-0.4, -0.2) is 14.5 Å². The standard InChI is InChI=1S/C56H35N3/c1-2-13-36(14-3-1)41-17-10-18-42(35-41)37-27-29-40(30-28-37)55-56(58-49-25-9-8-24-48(49)57-55)47-23-11-22-46-45(47)21-12-26-50(46)59-51-33-31-38-15-4-6-19-43(38)53(51)54-44-20-7-5-16-39(44)32-34-52(54)59/h1-35H. The van der Waals surface area contributed by atoms with E-state index in [1.165, 1.54) is 60.0 Å². The molecule has 0 aliphatic carbocycles. The Morgan fingerprint density at radius 3 is 1.47 bits per heavy atom. The van der Waals surface area contributed by atoms with E-state index in [9.17, 15) is 0 Å². The minimum Gasteiger partial charge on any atom is -0.309 e. The first-order valence-corrected chi connectivity index (χ1v) is 20.2. The molecule has 0 saturated heterocycles. The molecule has 0 N–H and O–H groups in total. The van der Waals surface area contributed by atoms with E-state index in [1.54, 1.807) is 0 Å². The van der Waals surface area contributed by atoms with Crippen LogP contribution in [0.3, 0.4) is 0 Å². The summed E-state index contributed by atoms with van der Waals surface area (Å²) < 4.78 is 2.47. The summed E-state index contributed by atoms with van der Waals surface area (Å²) in [6, 6.07) is 76.2. The van der Waals surface area contributed by atoms with E-state index in [4.69, 9.17) is 9.97 Å². The van der Waals surface area contributed by atoms with Crippen LogP contribution in [0.15, 0.2) is 212 Å². The first-order chi connectivity index (χ1) is 29.3. The highest BCUT2D eigenvalue weighted by Gasteiger charge is 2.21. The van der Waals surface area contributed by atoms with Crippen LogP contribution in [0.25, 0.3) is 116 Å². The molecule has 0 fully saturated rings. The van der Waals surface area contributed by atoms with Gasteiger partial charge in [0.25, 0.3) is 0 Å². The molecule has 0 spiro atoms. The Labute approximate surface area is 341 Å². The smallest absolute Gasteiger partial charge is 0.0979 e. The van der Waals surface area contributed by atoms with Crippen molar-refractivity contribution >= 4 is 65.2 Å². The summed E-state index contributed by atoms with van der Waals surface area (Å²) in [5.41, 5.74) is 13.8. The van der Waals surface area contributed by atoms with Crippen molar-refractivity contribution in [1.29, 1.82) is 0 Å². The average molecular weight is 750 g/mol. The van der Waals surface area contributed by atoms with E-state index in [0.717, 1.165) is 55.6 Å². The van der Waals surface area contributed by atoms with Gasteiger partial charge in [0, 0.05) is 27.3 Å². The van der Waals surface area contributed by atoms with Crippen LogP contribution in [0.2, 0.25) is 0 Å². The molecule has 12 rings (SSSR count). The molecule has 0 amide bonds. The fourth-order valence-corrected chi connectivity index (χ4v) is 9.22. The van der Waals surface area contributed by atoms with Crippen LogP contribution >= 0.6 is 0 Å². The fourth-order valence-electron chi connectivity index (χ4n) is 9.22. The molecular weight excluding hydrogens is 715 g/mol. The zero-order valence-corrected chi connectivity index (χ0v) is 32.0. The highest BCUT2D eigenvalue weighted by Crippen LogP contribution is 2.43. The second-order valence-corrected chi connectivity index (χ2v) is 15.3. The van der Waals surface area contributed by atoms with E-state index in [0.29, 0.717) is 0 Å². The SMILES string of the molecule is c1ccc(-c2cccc(-c3ccc(-c4nc5ccccc5nc4-c4cccc5c(-n6c7ccc8ccccc8c7c7c8ccccc8ccc76)cccc45)cc3)c2)cc1. The van der Waals surface area contributed by atoms with Crippen LogP contribution in [0.4, 0.5) is 0 Å². The molecule has 0 unspecified atom stereocenters. The van der Waals surface area contributed by atoms with Gasteiger partial charge in [-0.2, -0.15) is 0 Å². The minimum absolute atomic E-state index is 0.862. The minimum atomic E-state index is 0.862. The number of hydrogen-bond donors (Lipinski definition) is 0. The van der Waals surface area contributed by atoms with E-state index < -0.39 is 0 Å². The highest BCUT2D eigenvalue weighted by atomic mass is 15.0. The third kappa shape index (κ3) is 5.36. The molecule has 0 aliphatic rings. The second kappa shape index (κ2) is 13.4. The maximum absolute atomic E-state index is 5.39. The van der Waals surface area contributed by atoms with Gasteiger partial charge < -0.3 is 4.57 Å². The largest absolute Gasteiger partial charge is 0.309 e. The Balaban J connectivity index is 1.06. The lowest BCUT2D eigenvalue weighted by atomic mass is 9.95. The molecule has 2 aromatic heterocycles. The highest BCUT2D eigenvalue weighted by molar-refractivity contribution is 6.29. The Morgan fingerprint density at radius 1 is 0.305 bits per heavy atom. The van der Waals surface area contributed by atoms with Crippen molar-refractivity contribution in [3.8, 4) is 50.5 Å². The van der Waals surface area contributed by atoms with Gasteiger partial charge in [0.05, 0.1) is 39.1 Å². The van der Waals surface area contributed by atoms with Crippen molar-refractivity contribution in [3.63, 3.8) is 0 Å². The van der Waals surface area contributed by atoms with Crippen molar-refractivity contribution < 1.29 is 0 Å². The number of aromatic nitrogens is 3. The summed E-state index contributed by atoms with van der Waals surface area (Å²) in [6.45, 7) is 0. The lowest BCUT2D eigenvalue weighted by molar-refractivity contribution is 1.20. The van der Waals surface area contributed by atoms with Crippen molar-refractivity contribution in [1.82, 2.24) is 14.5 Å². The molecule has 274 valence electrons. The summed E-state index contributed by atoms with van der Waals surface area (Å²) in [5, 5.41) is 9.84. The van der Waals surface area contributed by atoms with Gasteiger partial charge in [-0.1, -0.05) is 176 Å². The first-order valence-electron chi connectivity index (χ1n) is 20.2. The number of fused-ring (bicyclic) bond motifs is 9. The molecule has 10 aromatic carbocycles. The molecule has 12 aromatic rings. The van der Waals surface area contributed by atoms with Crippen molar-refractivity contribution in [3.05, 3.63) is 212 Å². The maximum atomic E-state index is 5.39. The monoisotopic (exact) mass is 749 g/mol. The van der Waals surface area contributed by atoms with Gasteiger partial charge in [0.2, 0.25) is 0 Å². The number of nitrogens with zero attached hydrogens (tertiary/aromatic N) is 3. The summed E-state index contributed by atoms with van der Waals surface area (Å²) in [7, 11) is 0. The van der Waals surface area contributed by atoms with E-state index in [-0.39, 0.29) is 0 Å². The van der Waals surface area contributed by atoms with Crippen LogP contribution in [0.1, 0.15) is 0 Å². The number of para-hydroxylation sites is 2. The number of benzene rings is 10. The molecule has 0 saturated carbocycles. The molecule has 0 aliphatic heterocycles. The average Bonchev–Trinajstić information content (AvgIpc) is 3.66. The molecule has 2 heterocycles. The van der Waals surface area contributed by atoms with Crippen molar-refractivity contribution in [2.24, 2.45) is 0 Å². The first kappa shape index (κ1) is 33.3. The zero-order chi connectivity index (χ0) is 38.9. The topological polar surface area (TPSA) is 30.7 Å². The van der Waals surface area contributed by atoms with Crippen molar-refractivity contribution in [2.45, 2.75) is 0 Å². The van der Waals surface area contributed by atoms with Crippen molar-refractivity contribution in [2.75, 3.05) is 0 Å². The number of hydrogen-bond acceptors (Lipinski definition) is 2. The second-order valence-electron chi connectivity index (χ2n) is 15.3. The Kier molecular flexibility index (Phi) is 7.54. The van der Waals surface area contributed by atoms with E-state index in [2.05, 4.69) is 205 Å². The lowest BCUT2D eigenvalue weighted by Crippen LogP contribution is -1.98. The van der Waals surface area contributed by atoms with Crippen LogP contribution < -0.4 is 0 Å². The van der Waals surface area contributed by atoms with E-state index in [1.807, 2.05) is 12.1 Å². The predicted molar refractivity (Wildman–Crippen MR) is 248 cm³/mol. The van der Waals surface area contributed by atoms with Gasteiger partial charge in [0.15, 0.2) is 0 Å². The quantitative estimate of drug-likeness (QED) is 0.175. The van der Waals surface area contributed by atoms with Gasteiger partial charge in [-0.05, 0) is 85.6 Å². The van der Waals surface area contributed by atoms with E-state index >= 15 is 0 Å². The summed E-state index contributed by atoms with van der Waals surface area (Å²) in [5.74, 6) is 0. The Morgan fingerprint density at radius 2 is 0.797 bits per heavy atom. The molecule has 0 atom stereocenters. The fraction of sp³-hybridized carbons (Fsp3) is 0. The maximum Gasteiger partial charge on any atom is 0.0979 e. The van der Waals surface area contributed by atoms with Crippen LogP contribution in [-0.2, 0) is 0 Å². The normalized spacial score (nSPS) is 11.7. The number of rotatable bonds is 5. The molecule has 3 nitrogen and oxygen atoms in total. The zero-order valence-electron chi connectivity index (χ0n) is 32.0. The molecule has 0 radical (unpaired) electrons.